The van der Waals surface area contributed by atoms with E-state index < -0.39 is 0 Å². The Hall–Kier alpha value is -2.70. The molecule has 134 valence electrons. The minimum Gasteiger partial charge on any atom is -0.469 e. The van der Waals surface area contributed by atoms with Gasteiger partial charge in [0.05, 0.1) is 18.0 Å². The zero-order chi connectivity index (χ0) is 18.1. The van der Waals surface area contributed by atoms with Crippen LogP contribution in [0.5, 0.6) is 0 Å². The summed E-state index contributed by atoms with van der Waals surface area (Å²) in [6.07, 6.45) is 3.48. The summed E-state index contributed by atoms with van der Waals surface area (Å²) >= 11 is 0. The number of benzene rings is 1. The number of rotatable bonds is 9. The highest BCUT2D eigenvalue weighted by Gasteiger charge is 2.06. The van der Waals surface area contributed by atoms with Crippen LogP contribution in [0, 0.1) is 0 Å². The standard InChI is InChI=1S/C18H23N3O4/c1-25-17(23)9-3-2-6-12-19-16(22)11-10-15-20-14-8-5-4-7-13(14)18(24)21-15/h4-5,7-8H,2-3,6,9-12H2,1H3,(H,19,22)(H,20,21,24). The molecule has 1 aromatic heterocycles. The largest absolute Gasteiger partial charge is 0.469 e. The highest BCUT2D eigenvalue weighted by Crippen LogP contribution is 2.06. The normalized spacial score (nSPS) is 10.6. The van der Waals surface area contributed by atoms with Crippen molar-refractivity contribution in [3.8, 4) is 0 Å². The minimum atomic E-state index is -0.207. The lowest BCUT2D eigenvalue weighted by molar-refractivity contribution is -0.140. The molecule has 0 radical (unpaired) electrons. The number of para-hydroxylation sites is 1. The van der Waals surface area contributed by atoms with Gasteiger partial charge >= 0.3 is 5.97 Å². The lowest BCUT2D eigenvalue weighted by Gasteiger charge is -2.06. The Kier molecular flexibility index (Phi) is 7.13. The van der Waals surface area contributed by atoms with Gasteiger partial charge in [0.15, 0.2) is 0 Å². The van der Waals surface area contributed by atoms with Crippen LogP contribution in [0.3, 0.4) is 0 Å². The van der Waals surface area contributed by atoms with Crippen molar-refractivity contribution >= 4 is 22.8 Å². The average Bonchev–Trinajstić information content (AvgIpc) is 2.62. The molecule has 1 heterocycles. The van der Waals surface area contributed by atoms with E-state index in [-0.39, 0.29) is 23.9 Å². The number of carbonyl (C=O) groups excluding carboxylic acids is 2. The number of fused-ring (bicyclic) bond motifs is 1. The molecular weight excluding hydrogens is 322 g/mol. The van der Waals surface area contributed by atoms with Crippen LogP contribution in [0.2, 0.25) is 0 Å². The second kappa shape index (κ2) is 9.56. The summed E-state index contributed by atoms with van der Waals surface area (Å²) in [6, 6.07) is 7.11. The molecule has 0 atom stereocenters. The molecule has 2 rings (SSSR count). The maximum absolute atomic E-state index is 12.0. The van der Waals surface area contributed by atoms with Crippen molar-refractivity contribution < 1.29 is 14.3 Å². The Morgan fingerprint density at radius 1 is 1.16 bits per heavy atom. The second-order valence-corrected chi connectivity index (χ2v) is 5.77. The molecule has 0 bridgehead atoms. The van der Waals surface area contributed by atoms with Crippen molar-refractivity contribution in [1.82, 2.24) is 15.3 Å². The number of amides is 1. The number of nitrogens with one attached hydrogen (secondary N) is 2. The van der Waals surface area contributed by atoms with E-state index >= 15 is 0 Å². The Bertz CT molecular complexity index is 785. The van der Waals surface area contributed by atoms with Crippen molar-refractivity contribution in [2.24, 2.45) is 0 Å². The van der Waals surface area contributed by atoms with Crippen molar-refractivity contribution in [1.29, 1.82) is 0 Å². The Labute approximate surface area is 145 Å². The summed E-state index contributed by atoms with van der Waals surface area (Å²) in [5.41, 5.74) is 0.443. The van der Waals surface area contributed by atoms with Crippen LogP contribution < -0.4 is 10.9 Å². The fourth-order valence-electron chi connectivity index (χ4n) is 2.47. The first-order chi connectivity index (χ1) is 12.1. The number of aromatic amines is 1. The number of aryl methyl sites for hydroxylation is 1. The fourth-order valence-corrected chi connectivity index (χ4v) is 2.47. The fraction of sp³-hybridized carbons (Fsp3) is 0.444. The Balaban J connectivity index is 1.70. The molecule has 0 aliphatic carbocycles. The number of ether oxygens (including phenoxy) is 1. The van der Waals surface area contributed by atoms with Gasteiger partial charge in [-0.1, -0.05) is 18.6 Å². The smallest absolute Gasteiger partial charge is 0.305 e. The number of unbranched alkanes of at least 4 members (excludes halogenated alkanes) is 2. The SMILES string of the molecule is COC(=O)CCCCCNC(=O)CCc1nc2ccccc2c(=O)[nH]1. The first-order valence-electron chi connectivity index (χ1n) is 8.41. The maximum atomic E-state index is 12.0. The van der Waals surface area contributed by atoms with E-state index in [1.54, 1.807) is 18.2 Å². The number of aromatic nitrogens is 2. The van der Waals surface area contributed by atoms with E-state index in [1.807, 2.05) is 6.07 Å². The molecule has 2 aromatic rings. The molecule has 1 aromatic carbocycles. The quantitative estimate of drug-likeness (QED) is 0.532. The summed E-state index contributed by atoms with van der Waals surface area (Å²) < 4.78 is 4.56. The third-order valence-electron chi connectivity index (χ3n) is 3.86. The molecule has 1 amide bonds. The van der Waals surface area contributed by atoms with Gasteiger partial charge in [-0.25, -0.2) is 4.98 Å². The summed E-state index contributed by atoms with van der Waals surface area (Å²) in [4.78, 5) is 41.8. The van der Waals surface area contributed by atoms with Crippen LogP contribution in [0.1, 0.15) is 37.9 Å². The van der Waals surface area contributed by atoms with Crippen LogP contribution in [-0.2, 0) is 20.7 Å². The van der Waals surface area contributed by atoms with Crippen LogP contribution in [-0.4, -0.2) is 35.5 Å². The van der Waals surface area contributed by atoms with Gasteiger partial charge in [-0.2, -0.15) is 0 Å². The summed E-state index contributed by atoms with van der Waals surface area (Å²) in [5, 5.41) is 3.38. The number of hydrogen-bond acceptors (Lipinski definition) is 5. The zero-order valence-corrected chi connectivity index (χ0v) is 14.3. The highest BCUT2D eigenvalue weighted by molar-refractivity contribution is 5.78. The summed E-state index contributed by atoms with van der Waals surface area (Å²) in [7, 11) is 1.38. The first-order valence-corrected chi connectivity index (χ1v) is 8.41. The number of nitrogens with zero attached hydrogens (tertiary/aromatic N) is 1. The van der Waals surface area contributed by atoms with E-state index in [9.17, 15) is 14.4 Å². The second-order valence-electron chi connectivity index (χ2n) is 5.77. The molecule has 7 heteroatoms. The minimum absolute atomic E-state index is 0.0798. The lowest BCUT2D eigenvalue weighted by atomic mass is 10.2. The van der Waals surface area contributed by atoms with Crippen LogP contribution in [0.4, 0.5) is 0 Å². The third kappa shape index (κ3) is 6.02. The molecule has 0 unspecified atom stereocenters. The van der Waals surface area contributed by atoms with Gasteiger partial charge in [0.25, 0.3) is 5.56 Å². The predicted octanol–water partition coefficient (Wildman–Crippen LogP) is 1.71. The van der Waals surface area contributed by atoms with E-state index in [2.05, 4.69) is 20.0 Å². The number of methoxy groups -OCH3 is 1. The number of carbonyl (C=O) groups is 2. The molecule has 2 N–H and O–H groups in total. The molecular formula is C18H23N3O4. The van der Waals surface area contributed by atoms with E-state index in [0.29, 0.717) is 36.1 Å². The molecule has 7 nitrogen and oxygen atoms in total. The molecule has 0 spiro atoms. The van der Waals surface area contributed by atoms with E-state index in [1.165, 1.54) is 7.11 Å². The first kappa shape index (κ1) is 18.6. The van der Waals surface area contributed by atoms with E-state index in [0.717, 1.165) is 19.3 Å². The van der Waals surface area contributed by atoms with Crippen LogP contribution in [0.15, 0.2) is 29.1 Å². The number of hydrogen-bond donors (Lipinski definition) is 2. The van der Waals surface area contributed by atoms with Gasteiger partial charge < -0.3 is 15.0 Å². The van der Waals surface area contributed by atoms with Gasteiger partial charge in [-0.05, 0) is 25.0 Å². The Morgan fingerprint density at radius 3 is 2.76 bits per heavy atom. The number of H-pyrrole nitrogens is 1. The van der Waals surface area contributed by atoms with Gasteiger partial charge in [-0.15, -0.1) is 0 Å². The molecule has 0 saturated carbocycles. The number of esters is 1. The molecule has 0 saturated heterocycles. The van der Waals surface area contributed by atoms with Gasteiger partial charge in [0.2, 0.25) is 5.91 Å². The van der Waals surface area contributed by atoms with Crippen molar-refractivity contribution in [3.63, 3.8) is 0 Å². The lowest BCUT2D eigenvalue weighted by Crippen LogP contribution is -2.25. The molecule has 25 heavy (non-hydrogen) atoms. The van der Waals surface area contributed by atoms with Gasteiger partial charge in [-0.3, -0.25) is 14.4 Å². The average molecular weight is 345 g/mol. The predicted molar refractivity (Wildman–Crippen MR) is 94.2 cm³/mol. The third-order valence-corrected chi connectivity index (χ3v) is 3.86. The van der Waals surface area contributed by atoms with Crippen LogP contribution >= 0.6 is 0 Å². The van der Waals surface area contributed by atoms with Crippen LogP contribution in [0.25, 0.3) is 10.9 Å². The maximum Gasteiger partial charge on any atom is 0.305 e. The van der Waals surface area contributed by atoms with Gasteiger partial charge in [0, 0.05) is 25.8 Å². The summed E-state index contributed by atoms with van der Waals surface area (Å²) in [5.74, 6) is 0.224. The summed E-state index contributed by atoms with van der Waals surface area (Å²) in [6.45, 7) is 0.571. The zero-order valence-electron chi connectivity index (χ0n) is 14.3. The van der Waals surface area contributed by atoms with Gasteiger partial charge in [0.1, 0.15) is 5.82 Å². The van der Waals surface area contributed by atoms with Crippen molar-refractivity contribution in [2.75, 3.05) is 13.7 Å². The molecule has 0 aliphatic heterocycles. The van der Waals surface area contributed by atoms with Crippen molar-refractivity contribution in [2.45, 2.75) is 38.5 Å². The molecule has 0 fully saturated rings. The Morgan fingerprint density at radius 2 is 1.96 bits per heavy atom. The monoisotopic (exact) mass is 345 g/mol. The highest BCUT2D eigenvalue weighted by atomic mass is 16.5. The molecule has 0 aliphatic rings. The van der Waals surface area contributed by atoms with E-state index in [4.69, 9.17) is 0 Å². The van der Waals surface area contributed by atoms with Crippen molar-refractivity contribution in [3.05, 3.63) is 40.4 Å². The topological polar surface area (TPSA) is 101 Å².